The molecule has 1 N–H and O–H groups in total. The minimum absolute atomic E-state index is 0.0275. The van der Waals surface area contributed by atoms with Crippen LogP contribution in [0.25, 0.3) is 0 Å². The van der Waals surface area contributed by atoms with Gasteiger partial charge in [0.05, 0.1) is 5.60 Å². The normalized spacial score (nSPS) is 12.5. The van der Waals surface area contributed by atoms with Gasteiger partial charge in [-0.25, -0.2) is 0 Å². The van der Waals surface area contributed by atoms with Crippen LogP contribution in [-0.4, -0.2) is 25.3 Å². The molecule has 0 aliphatic heterocycles. The summed E-state index contributed by atoms with van der Waals surface area (Å²) in [4.78, 5) is 0. The number of likely N-dealkylation sites (N-methyl/N-ethyl adjacent to an activating group) is 1. The van der Waals surface area contributed by atoms with Crippen molar-refractivity contribution in [3.05, 3.63) is 0 Å². The maximum Gasteiger partial charge on any atom is 0.0750 e. The summed E-state index contributed by atoms with van der Waals surface area (Å²) < 4.78 is 5.73. The van der Waals surface area contributed by atoms with Crippen molar-refractivity contribution >= 4 is 0 Å². The van der Waals surface area contributed by atoms with Crippen LogP contribution >= 0.6 is 0 Å². The Bertz CT molecular complexity index is 110. The molecule has 2 heteroatoms. The van der Waals surface area contributed by atoms with Gasteiger partial charge in [-0.3, -0.25) is 0 Å². The van der Waals surface area contributed by atoms with Crippen LogP contribution in [-0.2, 0) is 4.74 Å². The Morgan fingerprint density at radius 2 is 1.92 bits per heavy atom. The average Bonchev–Trinajstić information content (AvgIpc) is 1.98. The van der Waals surface area contributed by atoms with Gasteiger partial charge >= 0.3 is 0 Å². The van der Waals surface area contributed by atoms with Crippen molar-refractivity contribution in [2.24, 2.45) is 5.92 Å². The number of nitrogens with one attached hydrogen (secondary N) is 1. The molecule has 0 unspecified atom stereocenters. The lowest BCUT2D eigenvalue weighted by atomic mass is 10.1. The predicted molar refractivity (Wildman–Crippen MR) is 53.4 cm³/mol. The zero-order valence-electron chi connectivity index (χ0n) is 9.11. The molecule has 0 bridgehead atoms. The van der Waals surface area contributed by atoms with Crippen LogP contribution in [0.2, 0.25) is 0 Å². The highest BCUT2D eigenvalue weighted by atomic mass is 16.5. The van der Waals surface area contributed by atoms with Gasteiger partial charge in [-0.15, -0.1) is 0 Å². The van der Waals surface area contributed by atoms with Crippen molar-refractivity contribution in [2.45, 2.75) is 40.2 Å². The fraction of sp³-hybridized carbons (Fsp3) is 1.00. The first-order chi connectivity index (χ1) is 5.48. The molecule has 0 aliphatic carbocycles. The van der Waals surface area contributed by atoms with Crippen molar-refractivity contribution in [2.75, 3.05) is 19.7 Å². The molecule has 0 rings (SSSR count). The lowest BCUT2D eigenvalue weighted by Crippen LogP contribution is -2.38. The third-order valence-corrected chi connectivity index (χ3v) is 1.61. The molecular weight excluding hydrogens is 150 g/mol. The maximum absolute atomic E-state index is 5.73. The summed E-state index contributed by atoms with van der Waals surface area (Å²) in [5, 5.41) is 3.29. The summed E-state index contributed by atoms with van der Waals surface area (Å²) in [6, 6.07) is 0. The molecule has 0 aromatic rings. The molecule has 0 heterocycles. The third kappa shape index (κ3) is 6.62. The molecule has 0 radical (unpaired) electrons. The second-order valence-electron chi connectivity index (χ2n) is 4.24. The number of hydrogen-bond donors (Lipinski definition) is 1. The van der Waals surface area contributed by atoms with E-state index in [-0.39, 0.29) is 5.60 Å². The SMILES string of the molecule is CCNCC(C)(C)OCC(C)C. The summed E-state index contributed by atoms with van der Waals surface area (Å²) in [5.74, 6) is 0.617. The summed E-state index contributed by atoms with van der Waals surface area (Å²) in [7, 11) is 0. The molecular formula is C10H23NO. The van der Waals surface area contributed by atoms with Crippen LogP contribution in [0.4, 0.5) is 0 Å². The first kappa shape index (κ1) is 11.9. The molecule has 0 saturated carbocycles. The van der Waals surface area contributed by atoms with Crippen LogP contribution < -0.4 is 5.32 Å². The first-order valence-corrected chi connectivity index (χ1v) is 4.82. The second-order valence-corrected chi connectivity index (χ2v) is 4.24. The number of ether oxygens (including phenoxy) is 1. The Morgan fingerprint density at radius 1 is 1.33 bits per heavy atom. The lowest BCUT2D eigenvalue weighted by Gasteiger charge is -2.26. The minimum Gasteiger partial charge on any atom is -0.374 e. The van der Waals surface area contributed by atoms with E-state index in [0.29, 0.717) is 5.92 Å². The van der Waals surface area contributed by atoms with E-state index >= 15 is 0 Å². The molecule has 0 fully saturated rings. The molecule has 0 spiro atoms. The molecule has 0 aromatic heterocycles. The van der Waals surface area contributed by atoms with Gasteiger partial charge in [0.15, 0.2) is 0 Å². The Hall–Kier alpha value is -0.0800. The molecule has 2 nitrogen and oxygen atoms in total. The van der Waals surface area contributed by atoms with E-state index < -0.39 is 0 Å². The molecule has 12 heavy (non-hydrogen) atoms. The molecule has 0 saturated heterocycles. The van der Waals surface area contributed by atoms with Gasteiger partial charge in [0.25, 0.3) is 0 Å². The zero-order valence-corrected chi connectivity index (χ0v) is 9.11. The van der Waals surface area contributed by atoms with E-state index in [0.717, 1.165) is 19.7 Å². The number of hydrogen-bond acceptors (Lipinski definition) is 2. The lowest BCUT2D eigenvalue weighted by molar-refractivity contribution is -0.0288. The molecule has 0 aromatic carbocycles. The van der Waals surface area contributed by atoms with E-state index in [9.17, 15) is 0 Å². The van der Waals surface area contributed by atoms with Gasteiger partial charge in [0.2, 0.25) is 0 Å². The molecule has 0 aliphatic rings. The van der Waals surface area contributed by atoms with E-state index in [1.165, 1.54) is 0 Å². The Kier molecular flexibility index (Phi) is 5.51. The van der Waals surface area contributed by atoms with Gasteiger partial charge in [0, 0.05) is 13.2 Å². The van der Waals surface area contributed by atoms with Crippen molar-refractivity contribution < 1.29 is 4.74 Å². The van der Waals surface area contributed by atoms with Crippen molar-refractivity contribution in [3.8, 4) is 0 Å². The van der Waals surface area contributed by atoms with E-state index in [1.807, 2.05) is 0 Å². The topological polar surface area (TPSA) is 21.3 Å². The highest BCUT2D eigenvalue weighted by Crippen LogP contribution is 2.09. The zero-order chi connectivity index (χ0) is 9.61. The first-order valence-electron chi connectivity index (χ1n) is 4.82. The smallest absolute Gasteiger partial charge is 0.0750 e. The Balaban J connectivity index is 3.56. The number of rotatable bonds is 6. The van der Waals surface area contributed by atoms with Crippen LogP contribution in [0, 0.1) is 5.92 Å². The van der Waals surface area contributed by atoms with E-state index in [2.05, 4.69) is 39.9 Å². The quantitative estimate of drug-likeness (QED) is 0.663. The molecule has 0 atom stereocenters. The second kappa shape index (κ2) is 5.55. The summed E-state index contributed by atoms with van der Waals surface area (Å²) >= 11 is 0. The van der Waals surface area contributed by atoms with Gasteiger partial charge in [-0.2, -0.15) is 0 Å². The minimum atomic E-state index is -0.0275. The van der Waals surface area contributed by atoms with Crippen LogP contribution in [0.3, 0.4) is 0 Å². The Labute approximate surface area is 76.7 Å². The fourth-order valence-electron chi connectivity index (χ4n) is 0.869. The van der Waals surface area contributed by atoms with E-state index in [4.69, 9.17) is 4.74 Å². The van der Waals surface area contributed by atoms with Crippen molar-refractivity contribution in [1.82, 2.24) is 5.32 Å². The summed E-state index contributed by atoms with van der Waals surface area (Å²) in [5.41, 5.74) is -0.0275. The largest absolute Gasteiger partial charge is 0.374 e. The van der Waals surface area contributed by atoms with Crippen LogP contribution in [0.1, 0.15) is 34.6 Å². The average molecular weight is 173 g/mol. The highest BCUT2D eigenvalue weighted by Gasteiger charge is 2.17. The fourth-order valence-corrected chi connectivity index (χ4v) is 0.869. The van der Waals surface area contributed by atoms with Crippen LogP contribution in [0.15, 0.2) is 0 Å². The monoisotopic (exact) mass is 173 g/mol. The van der Waals surface area contributed by atoms with Gasteiger partial charge in [-0.05, 0) is 26.3 Å². The Morgan fingerprint density at radius 3 is 2.33 bits per heavy atom. The van der Waals surface area contributed by atoms with Gasteiger partial charge in [0.1, 0.15) is 0 Å². The third-order valence-electron chi connectivity index (χ3n) is 1.61. The highest BCUT2D eigenvalue weighted by molar-refractivity contribution is 4.71. The maximum atomic E-state index is 5.73. The standard InChI is InChI=1S/C10H23NO/c1-6-11-8-10(4,5)12-7-9(2)3/h9,11H,6-8H2,1-5H3. The molecule has 74 valence electrons. The molecule has 0 amide bonds. The van der Waals surface area contributed by atoms with Gasteiger partial charge in [-0.1, -0.05) is 20.8 Å². The van der Waals surface area contributed by atoms with E-state index in [1.54, 1.807) is 0 Å². The predicted octanol–water partition coefficient (Wildman–Crippen LogP) is 2.05. The van der Waals surface area contributed by atoms with Crippen molar-refractivity contribution in [3.63, 3.8) is 0 Å². The van der Waals surface area contributed by atoms with Crippen molar-refractivity contribution in [1.29, 1.82) is 0 Å². The summed E-state index contributed by atoms with van der Waals surface area (Å²) in [6.07, 6.45) is 0. The van der Waals surface area contributed by atoms with Gasteiger partial charge < -0.3 is 10.1 Å². The van der Waals surface area contributed by atoms with Crippen LogP contribution in [0.5, 0.6) is 0 Å². The summed E-state index contributed by atoms with van der Waals surface area (Å²) in [6.45, 7) is 13.5.